The number of aliphatic hydroxyl groups is 1. The van der Waals surface area contributed by atoms with Gasteiger partial charge in [0.1, 0.15) is 18.1 Å². The van der Waals surface area contributed by atoms with Crippen molar-refractivity contribution in [2.24, 2.45) is 11.5 Å². The Morgan fingerprint density at radius 1 is 0.970 bits per heavy atom. The lowest BCUT2D eigenvalue weighted by Gasteiger charge is -2.23. The molecule has 0 bridgehead atoms. The first-order chi connectivity index (χ1) is 15.7. The van der Waals surface area contributed by atoms with Crippen LogP contribution in [0.3, 0.4) is 0 Å². The summed E-state index contributed by atoms with van der Waals surface area (Å²) in [5.41, 5.74) is 11.8. The molecule has 0 aliphatic rings. The molecule has 3 unspecified atom stereocenters. The molecule has 2 rings (SSSR count). The van der Waals surface area contributed by atoms with Gasteiger partial charge in [0.2, 0.25) is 23.6 Å². The second kappa shape index (κ2) is 11.6. The highest BCUT2D eigenvalue weighted by Crippen LogP contribution is 2.19. The summed E-state index contributed by atoms with van der Waals surface area (Å²) in [5, 5.41) is 26.3. The molecule has 3 atom stereocenters. The summed E-state index contributed by atoms with van der Waals surface area (Å²) in [4.78, 5) is 62.4. The maximum Gasteiger partial charge on any atom is 0.326 e. The first kappa shape index (κ1) is 25.3. The van der Waals surface area contributed by atoms with Crippen molar-refractivity contribution in [3.05, 3.63) is 36.0 Å². The predicted molar refractivity (Wildman–Crippen MR) is 115 cm³/mol. The zero-order valence-electron chi connectivity index (χ0n) is 17.5. The molecule has 0 aliphatic carbocycles. The molecule has 4 amide bonds. The Bertz CT molecular complexity index is 1040. The zero-order valence-corrected chi connectivity index (χ0v) is 17.5. The minimum absolute atomic E-state index is 0.0424. The van der Waals surface area contributed by atoms with Gasteiger partial charge in [0.25, 0.3) is 0 Å². The van der Waals surface area contributed by atoms with E-state index in [9.17, 15) is 29.1 Å². The van der Waals surface area contributed by atoms with Crippen molar-refractivity contribution in [1.29, 1.82) is 0 Å². The number of nitrogens with one attached hydrogen (secondary N) is 4. The number of primary amides is 1. The van der Waals surface area contributed by atoms with Crippen molar-refractivity contribution in [2.45, 2.75) is 31.0 Å². The van der Waals surface area contributed by atoms with Crippen LogP contribution in [-0.4, -0.2) is 76.1 Å². The number of para-hydroxylation sites is 1. The summed E-state index contributed by atoms with van der Waals surface area (Å²) < 4.78 is 0. The number of carboxylic acids is 1. The minimum atomic E-state index is -1.64. The third-order valence-electron chi connectivity index (χ3n) is 4.77. The van der Waals surface area contributed by atoms with Crippen molar-refractivity contribution in [3.63, 3.8) is 0 Å². The number of aliphatic carboxylic acids is 1. The van der Waals surface area contributed by atoms with Gasteiger partial charge in [-0.3, -0.25) is 19.2 Å². The Hall–Kier alpha value is -3.97. The molecule has 0 spiro atoms. The standard InChI is InChI=1S/C20H26N6O7/c21-7-17(29)24-13(5-10-8-23-12-4-2-1-3-11(10)12)18(30)26-15(9-27)19(31)25-14(20(32)33)6-16(22)28/h1-4,8,13-15,23,27H,5-7,9,21H2,(H2,22,28)(H,24,29)(H,25,31)(H,26,30)(H,32,33). The summed E-state index contributed by atoms with van der Waals surface area (Å²) in [7, 11) is 0. The molecule has 1 aromatic carbocycles. The summed E-state index contributed by atoms with van der Waals surface area (Å²) in [5.74, 6) is -4.95. The first-order valence-electron chi connectivity index (χ1n) is 9.93. The Morgan fingerprint density at radius 2 is 1.61 bits per heavy atom. The zero-order chi connectivity index (χ0) is 24.5. The van der Waals surface area contributed by atoms with Crippen LogP contribution in [0.25, 0.3) is 10.9 Å². The van der Waals surface area contributed by atoms with Gasteiger partial charge in [-0.25, -0.2) is 4.79 Å². The Kier molecular flexibility index (Phi) is 8.89. The van der Waals surface area contributed by atoms with Crippen LogP contribution in [0.5, 0.6) is 0 Å². The van der Waals surface area contributed by atoms with E-state index in [0.29, 0.717) is 5.56 Å². The molecule has 0 aliphatic heterocycles. The summed E-state index contributed by atoms with van der Waals surface area (Å²) in [6, 6.07) is 2.97. The van der Waals surface area contributed by atoms with Gasteiger partial charge in [-0.15, -0.1) is 0 Å². The molecule has 0 fully saturated rings. The average Bonchev–Trinajstić information content (AvgIpc) is 3.18. The van der Waals surface area contributed by atoms with Gasteiger partial charge in [-0.05, 0) is 11.6 Å². The molecule has 13 heteroatoms. The normalized spacial score (nSPS) is 13.5. The Morgan fingerprint density at radius 3 is 2.21 bits per heavy atom. The molecular weight excluding hydrogens is 436 g/mol. The van der Waals surface area contributed by atoms with Crippen molar-refractivity contribution in [3.8, 4) is 0 Å². The molecule has 33 heavy (non-hydrogen) atoms. The topological polar surface area (TPSA) is 230 Å². The highest BCUT2D eigenvalue weighted by Gasteiger charge is 2.30. The van der Waals surface area contributed by atoms with Crippen LogP contribution < -0.4 is 27.4 Å². The molecule has 178 valence electrons. The lowest BCUT2D eigenvalue weighted by atomic mass is 10.0. The number of fused-ring (bicyclic) bond motifs is 1. The molecule has 0 saturated carbocycles. The van der Waals surface area contributed by atoms with Crippen LogP contribution in [0.4, 0.5) is 0 Å². The van der Waals surface area contributed by atoms with E-state index in [1.807, 2.05) is 29.6 Å². The number of aromatic amines is 1. The van der Waals surface area contributed by atoms with E-state index in [1.54, 1.807) is 6.20 Å². The number of amides is 4. The maximum absolute atomic E-state index is 12.9. The smallest absolute Gasteiger partial charge is 0.326 e. The van der Waals surface area contributed by atoms with E-state index < -0.39 is 60.8 Å². The Labute approximate surface area is 187 Å². The van der Waals surface area contributed by atoms with Crippen molar-refractivity contribution in [1.82, 2.24) is 20.9 Å². The van der Waals surface area contributed by atoms with E-state index in [2.05, 4.69) is 15.6 Å². The van der Waals surface area contributed by atoms with Gasteiger partial charge in [-0.1, -0.05) is 18.2 Å². The molecule has 10 N–H and O–H groups in total. The summed E-state index contributed by atoms with van der Waals surface area (Å²) >= 11 is 0. The molecule has 0 radical (unpaired) electrons. The molecule has 1 aromatic heterocycles. The average molecular weight is 462 g/mol. The predicted octanol–water partition coefficient (Wildman–Crippen LogP) is -2.92. The number of rotatable bonds is 12. The number of aromatic nitrogens is 1. The summed E-state index contributed by atoms with van der Waals surface area (Å²) in [6.45, 7) is -1.25. The van der Waals surface area contributed by atoms with Crippen LogP contribution in [0.1, 0.15) is 12.0 Å². The number of carbonyl (C=O) groups excluding carboxylic acids is 4. The van der Waals surface area contributed by atoms with Crippen LogP contribution in [-0.2, 0) is 30.4 Å². The highest BCUT2D eigenvalue weighted by atomic mass is 16.4. The van der Waals surface area contributed by atoms with Gasteiger partial charge in [-0.2, -0.15) is 0 Å². The van der Waals surface area contributed by atoms with Gasteiger partial charge < -0.3 is 42.6 Å². The number of hydrogen-bond donors (Lipinski definition) is 8. The van der Waals surface area contributed by atoms with E-state index in [1.165, 1.54) is 0 Å². The SMILES string of the molecule is NCC(=O)NC(Cc1c[nH]c2ccccc12)C(=O)NC(CO)C(=O)NC(CC(N)=O)C(=O)O. The van der Waals surface area contributed by atoms with Crippen LogP contribution in [0.15, 0.2) is 30.5 Å². The fourth-order valence-corrected chi connectivity index (χ4v) is 3.12. The number of carbonyl (C=O) groups is 5. The largest absolute Gasteiger partial charge is 0.480 e. The van der Waals surface area contributed by atoms with Gasteiger partial charge in [0, 0.05) is 23.5 Å². The molecular formula is C20H26N6O7. The molecule has 1 heterocycles. The van der Waals surface area contributed by atoms with Crippen LogP contribution in [0.2, 0.25) is 0 Å². The highest BCUT2D eigenvalue weighted by molar-refractivity contribution is 5.95. The number of aliphatic hydroxyl groups excluding tert-OH is 1. The number of hydrogen-bond acceptors (Lipinski definition) is 7. The molecule has 13 nitrogen and oxygen atoms in total. The van der Waals surface area contributed by atoms with Gasteiger partial charge in [0.15, 0.2) is 0 Å². The third kappa shape index (κ3) is 7.02. The van der Waals surface area contributed by atoms with E-state index in [-0.39, 0.29) is 13.0 Å². The number of benzene rings is 1. The quantitative estimate of drug-likeness (QED) is 0.162. The van der Waals surface area contributed by atoms with E-state index >= 15 is 0 Å². The maximum atomic E-state index is 12.9. The Balaban J connectivity index is 2.16. The third-order valence-corrected chi connectivity index (χ3v) is 4.77. The van der Waals surface area contributed by atoms with Gasteiger partial charge >= 0.3 is 5.97 Å². The fourth-order valence-electron chi connectivity index (χ4n) is 3.12. The molecule has 2 aromatic rings. The van der Waals surface area contributed by atoms with Crippen molar-refractivity contribution in [2.75, 3.05) is 13.2 Å². The van der Waals surface area contributed by atoms with Crippen LogP contribution >= 0.6 is 0 Å². The second-order valence-corrected chi connectivity index (χ2v) is 7.20. The van der Waals surface area contributed by atoms with E-state index in [4.69, 9.17) is 16.6 Å². The minimum Gasteiger partial charge on any atom is -0.480 e. The van der Waals surface area contributed by atoms with Crippen molar-refractivity contribution >= 4 is 40.5 Å². The van der Waals surface area contributed by atoms with Gasteiger partial charge in [0.05, 0.1) is 19.6 Å². The second-order valence-electron chi connectivity index (χ2n) is 7.20. The lowest BCUT2D eigenvalue weighted by molar-refractivity contribution is -0.144. The molecule has 0 saturated heterocycles. The lowest BCUT2D eigenvalue weighted by Crippen LogP contribution is -2.58. The number of H-pyrrole nitrogens is 1. The number of carboxylic acid groups (broad SMARTS) is 1. The number of nitrogens with two attached hydrogens (primary N) is 2. The first-order valence-corrected chi connectivity index (χ1v) is 9.93. The summed E-state index contributed by atoms with van der Waals surface area (Å²) in [6.07, 6.45) is 1.04. The van der Waals surface area contributed by atoms with E-state index in [0.717, 1.165) is 10.9 Å². The fraction of sp³-hybridized carbons (Fsp3) is 0.350. The van der Waals surface area contributed by atoms with Crippen LogP contribution in [0, 0.1) is 0 Å². The van der Waals surface area contributed by atoms with Crippen molar-refractivity contribution < 1.29 is 34.2 Å². The monoisotopic (exact) mass is 462 g/mol.